The van der Waals surface area contributed by atoms with Gasteiger partial charge in [0.2, 0.25) is 0 Å². The van der Waals surface area contributed by atoms with Gasteiger partial charge in [0.05, 0.1) is 6.61 Å². The van der Waals surface area contributed by atoms with Crippen molar-refractivity contribution >= 4 is 8.80 Å². The second-order valence-electron chi connectivity index (χ2n) is 3.56. The van der Waals surface area contributed by atoms with Gasteiger partial charge >= 0.3 is 8.80 Å². The number of hydrogen-bond acceptors (Lipinski definition) is 4. The van der Waals surface area contributed by atoms with Gasteiger partial charge in [-0.2, -0.15) is 0 Å². The fourth-order valence-electron chi connectivity index (χ4n) is 1.55. The summed E-state index contributed by atoms with van der Waals surface area (Å²) in [4.78, 5) is 0. The molecule has 0 atom stereocenters. The van der Waals surface area contributed by atoms with Gasteiger partial charge < -0.3 is 18.0 Å². The van der Waals surface area contributed by atoms with E-state index in [2.05, 4.69) is 0 Å². The van der Waals surface area contributed by atoms with Gasteiger partial charge in [-0.3, -0.25) is 0 Å². The van der Waals surface area contributed by atoms with Crippen molar-refractivity contribution in [3.05, 3.63) is 30.3 Å². The first kappa shape index (κ1) is 14.2. The first-order valence-corrected chi connectivity index (χ1v) is 7.53. The van der Waals surface area contributed by atoms with Crippen LogP contribution in [0.5, 0.6) is 5.75 Å². The summed E-state index contributed by atoms with van der Waals surface area (Å²) in [7, 11) is 2.43. The lowest BCUT2D eigenvalue weighted by atomic mass is 10.3. The third-order valence-corrected chi connectivity index (χ3v) is 5.40. The van der Waals surface area contributed by atoms with E-state index < -0.39 is 8.80 Å². The van der Waals surface area contributed by atoms with Crippen LogP contribution in [0.4, 0.5) is 0 Å². The Bertz CT molecular complexity index is 292. The fourth-order valence-corrected chi connectivity index (χ4v) is 3.24. The van der Waals surface area contributed by atoms with E-state index in [1.807, 2.05) is 30.3 Å². The van der Waals surface area contributed by atoms with Gasteiger partial charge in [-0.15, -0.1) is 0 Å². The fraction of sp³-hybridized carbons (Fsp3) is 0.500. The van der Waals surface area contributed by atoms with E-state index >= 15 is 0 Å². The van der Waals surface area contributed by atoms with Crippen LogP contribution in [0.2, 0.25) is 6.04 Å². The summed E-state index contributed by atoms with van der Waals surface area (Å²) in [6.45, 7) is 0.634. The van der Waals surface area contributed by atoms with Gasteiger partial charge in [-0.25, -0.2) is 0 Å². The van der Waals surface area contributed by atoms with E-state index in [4.69, 9.17) is 18.0 Å². The van der Waals surface area contributed by atoms with Gasteiger partial charge in [-0.05, 0) is 18.6 Å². The minimum atomic E-state index is -2.44. The molecule has 4 nitrogen and oxygen atoms in total. The number of benzene rings is 1. The van der Waals surface area contributed by atoms with Gasteiger partial charge in [-0.1, -0.05) is 18.2 Å². The summed E-state index contributed by atoms with van der Waals surface area (Å²) < 4.78 is 21.6. The average molecular weight is 256 g/mol. The molecule has 0 saturated heterocycles. The third-order valence-electron chi connectivity index (χ3n) is 2.57. The van der Waals surface area contributed by atoms with Crippen molar-refractivity contribution in [2.45, 2.75) is 12.5 Å². The number of hydrogen-bond donors (Lipinski definition) is 0. The molecule has 0 aliphatic rings. The molecule has 0 amide bonds. The molecule has 0 radical (unpaired) electrons. The maximum atomic E-state index is 5.59. The van der Waals surface area contributed by atoms with Crippen molar-refractivity contribution in [3.8, 4) is 5.75 Å². The maximum Gasteiger partial charge on any atom is 0.500 e. The van der Waals surface area contributed by atoms with Gasteiger partial charge in [0.25, 0.3) is 0 Å². The molecule has 96 valence electrons. The minimum absolute atomic E-state index is 0.634. The van der Waals surface area contributed by atoms with Crippen molar-refractivity contribution in [1.82, 2.24) is 0 Å². The first-order valence-electron chi connectivity index (χ1n) is 5.59. The summed E-state index contributed by atoms with van der Waals surface area (Å²) in [6.07, 6.45) is 0.844. The first-order chi connectivity index (χ1) is 8.26. The quantitative estimate of drug-likeness (QED) is 0.528. The van der Waals surface area contributed by atoms with Crippen molar-refractivity contribution in [2.75, 3.05) is 27.9 Å². The highest BCUT2D eigenvalue weighted by molar-refractivity contribution is 6.60. The van der Waals surface area contributed by atoms with Crippen molar-refractivity contribution in [2.24, 2.45) is 0 Å². The zero-order chi connectivity index (χ0) is 12.6. The molecule has 0 aliphatic heterocycles. The molecular formula is C12H20O4Si. The largest absolute Gasteiger partial charge is 0.500 e. The summed E-state index contributed by atoms with van der Waals surface area (Å²) in [6, 6.07) is 10.5. The predicted molar refractivity (Wildman–Crippen MR) is 68.1 cm³/mol. The molecule has 0 aliphatic carbocycles. The van der Waals surface area contributed by atoms with E-state index in [-0.39, 0.29) is 0 Å². The van der Waals surface area contributed by atoms with Gasteiger partial charge in [0, 0.05) is 27.4 Å². The Morgan fingerprint density at radius 2 is 1.53 bits per heavy atom. The van der Waals surface area contributed by atoms with Crippen LogP contribution in [-0.4, -0.2) is 36.7 Å². The van der Waals surface area contributed by atoms with E-state index in [0.29, 0.717) is 6.61 Å². The second kappa shape index (κ2) is 7.44. The Morgan fingerprint density at radius 3 is 2.06 bits per heavy atom. The normalized spacial score (nSPS) is 11.5. The zero-order valence-electron chi connectivity index (χ0n) is 10.6. The Balaban J connectivity index is 2.28. The molecular weight excluding hydrogens is 236 g/mol. The van der Waals surface area contributed by atoms with Gasteiger partial charge in [0.15, 0.2) is 0 Å². The van der Waals surface area contributed by atoms with Crippen LogP contribution in [0.3, 0.4) is 0 Å². The monoisotopic (exact) mass is 256 g/mol. The molecule has 0 N–H and O–H groups in total. The highest BCUT2D eigenvalue weighted by Gasteiger charge is 2.36. The highest BCUT2D eigenvalue weighted by Crippen LogP contribution is 2.16. The minimum Gasteiger partial charge on any atom is -0.494 e. The number of para-hydroxylation sites is 1. The molecule has 17 heavy (non-hydrogen) atoms. The van der Waals surface area contributed by atoms with E-state index in [1.54, 1.807) is 21.3 Å². The van der Waals surface area contributed by atoms with Crippen LogP contribution in [-0.2, 0) is 13.3 Å². The molecule has 1 aromatic rings. The highest BCUT2D eigenvalue weighted by atomic mass is 28.4. The predicted octanol–water partition coefficient (Wildman–Crippen LogP) is 2.33. The molecule has 0 saturated carbocycles. The molecule has 5 heteroatoms. The molecule has 1 aromatic carbocycles. The lowest BCUT2D eigenvalue weighted by Gasteiger charge is -2.24. The van der Waals surface area contributed by atoms with Crippen LogP contribution < -0.4 is 4.74 Å². The lowest BCUT2D eigenvalue weighted by Crippen LogP contribution is -2.42. The summed E-state index contributed by atoms with van der Waals surface area (Å²) in [5, 5.41) is 0. The molecule has 0 aromatic heterocycles. The van der Waals surface area contributed by atoms with Crippen LogP contribution in [0.25, 0.3) is 0 Å². The number of ether oxygens (including phenoxy) is 1. The molecule has 0 heterocycles. The third kappa shape index (κ3) is 4.47. The summed E-state index contributed by atoms with van der Waals surface area (Å²) in [5.74, 6) is 0.881. The summed E-state index contributed by atoms with van der Waals surface area (Å²) in [5.41, 5.74) is 0. The summed E-state index contributed by atoms with van der Waals surface area (Å²) >= 11 is 0. The van der Waals surface area contributed by atoms with Crippen molar-refractivity contribution in [1.29, 1.82) is 0 Å². The molecule has 0 bridgehead atoms. The van der Waals surface area contributed by atoms with Crippen LogP contribution in [0.1, 0.15) is 6.42 Å². The number of rotatable bonds is 8. The van der Waals surface area contributed by atoms with Crippen LogP contribution in [0.15, 0.2) is 30.3 Å². The average Bonchev–Trinajstić information content (AvgIpc) is 2.41. The van der Waals surface area contributed by atoms with Crippen LogP contribution in [0, 0.1) is 0 Å². The van der Waals surface area contributed by atoms with E-state index in [1.165, 1.54) is 0 Å². The Labute approximate surface area is 104 Å². The topological polar surface area (TPSA) is 36.9 Å². The Hall–Kier alpha value is -0.883. The molecule has 0 unspecified atom stereocenters. The Morgan fingerprint density at radius 1 is 0.941 bits per heavy atom. The Kier molecular flexibility index (Phi) is 6.21. The smallest absolute Gasteiger partial charge is 0.494 e. The second-order valence-corrected chi connectivity index (χ2v) is 6.65. The van der Waals surface area contributed by atoms with E-state index in [9.17, 15) is 0 Å². The molecule has 0 fully saturated rings. The SMILES string of the molecule is CO[Si](CCCOc1ccccc1)(OC)OC. The lowest BCUT2D eigenvalue weighted by molar-refractivity contribution is 0.121. The molecule has 0 spiro atoms. The molecule has 1 rings (SSSR count). The maximum absolute atomic E-state index is 5.59. The zero-order valence-corrected chi connectivity index (χ0v) is 11.6. The van der Waals surface area contributed by atoms with E-state index in [0.717, 1.165) is 18.2 Å². The standard InChI is InChI=1S/C12H20O4Si/c1-13-17(14-2,15-3)11-7-10-16-12-8-5-4-6-9-12/h4-6,8-9H,7,10-11H2,1-3H3. The van der Waals surface area contributed by atoms with Crippen molar-refractivity contribution < 1.29 is 18.0 Å². The van der Waals surface area contributed by atoms with Crippen molar-refractivity contribution in [3.63, 3.8) is 0 Å². The van der Waals surface area contributed by atoms with Gasteiger partial charge in [0.1, 0.15) is 5.75 Å². The van der Waals surface area contributed by atoms with Crippen LogP contribution >= 0.6 is 0 Å².